The summed E-state index contributed by atoms with van der Waals surface area (Å²) in [5.41, 5.74) is 0.230. The predicted molar refractivity (Wildman–Crippen MR) is 56.9 cm³/mol. The molecule has 2 nitrogen and oxygen atoms in total. The van der Waals surface area contributed by atoms with E-state index < -0.39 is 0 Å². The van der Waals surface area contributed by atoms with Gasteiger partial charge >= 0.3 is 5.97 Å². The van der Waals surface area contributed by atoms with Gasteiger partial charge in [0.05, 0.1) is 12.5 Å². The third-order valence-electron chi connectivity index (χ3n) is 3.22. The highest BCUT2D eigenvalue weighted by Crippen LogP contribution is 2.43. The molecule has 0 bridgehead atoms. The Morgan fingerprint density at radius 2 is 2.00 bits per heavy atom. The van der Waals surface area contributed by atoms with Crippen molar-refractivity contribution in [2.24, 2.45) is 17.3 Å². The van der Waals surface area contributed by atoms with E-state index in [1.165, 1.54) is 12.8 Å². The maximum absolute atomic E-state index is 11.7. The molecule has 0 aliphatic heterocycles. The molecule has 0 saturated heterocycles. The Morgan fingerprint density at radius 3 is 2.50 bits per heavy atom. The highest BCUT2D eigenvalue weighted by Gasteiger charge is 2.40. The molecule has 0 aromatic carbocycles. The molecule has 1 fully saturated rings. The van der Waals surface area contributed by atoms with Gasteiger partial charge in [0.1, 0.15) is 0 Å². The number of hydrogen-bond donors (Lipinski definition) is 0. The molecular formula is C12H22O2. The molecule has 0 N–H and O–H groups in total. The summed E-state index contributed by atoms with van der Waals surface area (Å²) in [5, 5.41) is 0. The van der Waals surface area contributed by atoms with Crippen molar-refractivity contribution < 1.29 is 9.53 Å². The Labute approximate surface area is 87.0 Å². The lowest BCUT2D eigenvalue weighted by molar-refractivity contribution is -0.150. The van der Waals surface area contributed by atoms with Crippen molar-refractivity contribution in [2.45, 2.75) is 47.0 Å². The fraction of sp³-hybridized carbons (Fsp3) is 0.917. The highest BCUT2D eigenvalue weighted by molar-refractivity contribution is 5.73. The number of esters is 1. The van der Waals surface area contributed by atoms with E-state index in [0.29, 0.717) is 12.5 Å². The molecule has 1 rings (SSSR count). The monoisotopic (exact) mass is 198 g/mol. The van der Waals surface area contributed by atoms with E-state index in [9.17, 15) is 4.79 Å². The second kappa shape index (κ2) is 4.33. The van der Waals surface area contributed by atoms with Crippen LogP contribution in [0.15, 0.2) is 0 Å². The molecule has 0 aromatic heterocycles. The molecule has 1 saturated carbocycles. The van der Waals surface area contributed by atoms with Crippen LogP contribution in [0, 0.1) is 17.3 Å². The maximum Gasteiger partial charge on any atom is 0.309 e. The van der Waals surface area contributed by atoms with Crippen molar-refractivity contribution >= 4 is 5.97 Å². The molecule has 0 spiro atoms. The molecule has 0 heterocycles. The first kappa shape index (κ1) is 11.5. The smallest absolute Gasteiger partial charge is 0.309 e. The van der Waals surface area contributed by atoms with Crippen molar-refractivity contribution in [3.63, 3.8) is 0 Å². The zero-order valence-electron chi connectivity index (χ0n) is 9.80. The summed E-state index contributed by atoms with van der Waals surface area (Å²) >= 11 is 0. The van der Waals surface area contributed by atoms with Crippen LogP contribution in [0.3, 0.4) is 0 Å². The van der Waals surface area contributed by atoms with E-state index in [1.807, 2.05) is 6.92 Å². The molecule has 82 valence electrons. The van der Waals surface area contributed by atoms with E-state index in [4.69, 9.17) is 4.74 Å². The zero-order valence-corrected chi connectivity index (χ0v) is 9.80. The summed E-state index contributed by atoms with van der Waals surface area (Å²) in [6.45, 7) is 9.03. The van der Waals surface area contributed by atoms with Crippen LogP contribution >= 0.6 is 0 Å². The molecule has 0 amide bonds. The minimum Gasteiger partial charge on any atom is -0.466 e. The van der Waals surface area contributed by atoms with E-state index >= 15 is 0 Å². The molecule has 0 aromatic rings. The fourth-order valence-electron chi connectivity index (χ4n) is 2.53. The lowest BCUT2D eigenvalue weighted by Crippen LogP contribution is -2.30. The van der Waals surface area contributed by atoms with Gasteiger partial charge in [-0.3, -0.25) is 4.79 Å². The fourth-order valence-corrected chi connectivity index (χ4v) is 2.53. The number of ether oxygens (including phenoxy) is 1. The lowest BCUT2D eigenvalue weighted by Gasteiger charge is -2.31. The molecule has 1 aliphatic carbocycles. The van der Waals surface area contributed by atoms with E-state index in [1.54, 1.807) is 0 Å². The minimum absolute atomic E-state index is 0.0184. The van der Waals surface area contributed by atoms with Crippen LogP contribution in [0.2, 0.25) is 0 Å². The molecule has 14 heavy (non-hydrogen) atoms. The Hall–Kier alpha value is -0.530. The predicted octanol–water partition coefficient (Wildman–Crippen LogP) is 3.01. The Morgan fingerprint density at radius 1 is 1.36 bits per heavy atom. The van der Waals surface area contributed by atoms with Crippen LogP contribution in [-0.4, -0.2) is 12.6 Å². The molecule has 1 aliphatic rings. The van der Waals surface area contributed by atoms with Crippen molar-refractivity contribution in [1.82, 2.24) is 0 Å². The number of hydrogen-bond acceptors (Lipinski definition) is 2. The van der Waals surface area contributed by atoms with Crippen LogP contribution < -0.4 is 0 Å². The molecule has 2 unspecified atom stereocenters. The number of carbonyl (C=O) groups excluding carboxylic acids is 1. The zero-order chi connectivity index (χ0) is 10.8. The summed E-state index contributed by atoms with van der Waals surface area (Å²) in [6, 6.07) is 0. The molecule has 2 heteroatoms. The summed E-state index contributed by atoms with van der Waals surface area (Å²) < 4.78 is 5.11. The first-order chi connectivity index (χ1) is 6.46. The van der Waals surface area contributed by atoms with Gasteiger partial charge in [0.15, 0.2) is 0 Å². The second-order valence-corrected chi connectivity index (χ2v) is 5.26. The summed E-state index contributed by atoms with van der Waals surface area (Å²) in [6.07, 6.45) is 3.36. The van der Waals surface area contributed by atoms with Crippen molar-refractivity contribution in [3.05, 3.63) is 0 Å². The first-order valence-corrected chi connectivity index (χ1v) is 5.63. The summed E-state index contributed by atoms with van der Waals surface area (Å²) in [5.74, 6) is 0.668. The van der Waals surface area contributed by atoms with Gasteiger partial charge in [-0.2, -0.15) is 0 Å². The largest absolute Gasteiger partial charge is 0.466 e. The molecule has 2 atom stereocenters. The van der Waals surface area contributed by atoms with E-state index in [0.717, 1.165) is 6.42 Å². The molecular weight excluding hydrogens is 176 g/mol. The van der Waals surface area contributed by atoms with Gasteiger partial charge in [-0.1, -0.05) is 27.2 Å². The number of carbonyl (C=O) groups is 1. The van der Waals surface area contributed by atoms with Gasteiger partial charge in [0.25, 0.3) is 0 Å². The van der Waals surface area contributed by atoms with Crippen LogP contribution in [0.25, 0.3) is 0 Å². The second-order valence-electron chi connectivity index (χ2n) is 5.26. The average molecular weight is 198 g/mol. The van der Waals surface area contributed by atoms with Gasteiger partial charge in [0.2, 0.25) is 0 Å². The van der Waals surface area contributed by atoms with Crippen LogP contribution in [0.1, 0.15) is 47.0 Å². The Bertz CT molecular complexity index is 203. The van der Waals surface area contributed by atoms with Crippen LogP contribution in [0.5, 0.6) is 0 Å². The van der Waals surface area contributed by atoms with Crippen LogP contribution in [-0.2, 0) is 9.53 Å². The van der Waals surface area contributed by atoms with E-state index in [-0.39, 0.29) is 17.3 Å². The normalized spacial score (nSPS) is 27.7. The topological polar surface area (TPSA) is 26.3 Å². The lowest BCUT2D eigenvalue weighted by atomic mass is 9.75. The van der Waals surface area contributed by atoms with Crippen LogP contribution in [0.4, 0.5) is 0 Å². The summed E-state index contributed by atoms with van der Waals surface area (Å²) in [7, 11) is 0. The van der Waals surface area contributed by atoms with Gasteiger partial charge in [-0.25, -0.2) is 0 Å². The Balaban J connectivity index is 2.64. The van der Waals surface area contributed by atoms with Gasteiger partial charge in [-0.05, 0) is 31.1 Å². The van der Waals surface area contributed by atoms with E-state index in [2.05, 4.69) is 20.8 Å². The highest BCUT2D eigenvalue weighted by atomic mass is 16.5. The third kappa shape index (κ3) is 2.49. The van der Waals surface area contributed by atoms with Gasteiger partial charge < -0.3 is 4.74 Å². The number of rotatable bonds is 2. The van der Waals surface area contributed by atoms with Gasteiger partial charge in [0, 0.05) is 0 Å². The standard InChI is InChI=1S/C12H22O2/c1-5-14-11(13)9-7-6-8-10(9)12(2,3)4/h9-10H,5-8H2,1-4H3. The first-order valence-electron chi connectivity index (χ1n) is 5.63. The minimum atomic E-state index is 0.0184. The molecule has 0 radical (unpaired) electrons. The summed E-state index contributed by atoms with van der Waals surface area (Å²) in [4.78, 5) is 11.7. The van der Waals surface area contributed by atoms with Crippen molar-refractivity contribution in [2.75, 3.05) is 6.61 Å². The SMILES string of the molecule is CCOC(=O)C1CCCC1C(C)(C)C. The van der Waals surface area contributed by atoms with Crippen molar-refractivity contribution in [1.29, 1.82) is 0 Å². The average Bonchev–Trinajstić information content (AvgIpc) is 2.50. The quantitative estimate of drug-likeness (QED) is 0.637. The maximum atomic E-state index is 11.7. The Kier molecular flexibility index (Phi) is 3.57. The van der Waals surface area contributed by atoms with Gasteiger partial charge in [-0.15, -0.1) is 0 Å². The van der Waals surface area contributed by atoms with Crippen molar-refractivity contribution in [3.8, 4) is 0 Å². The third-order valence-corrected chi connectivity index (χ3v) is 3.22.